The predicted octanol–water partition coefficient (Wildman–Crippen LogP) is 2.05. The van der Waals surface area contributed by atoms with Gasteiger partial charge in [0.25, 0.3) is 0 Å². The minimum absolute atomic E-state index is 0.0295. The van der Waals surface area contributed by atoms with E-state index in [1.54, 1.807) is 0 Å². The summed E-state index contributed by atoms with van der Waals surface area (Å²) in [5.74, 6) is 1.14. The fourth-order valence-electron chi connectivity index (χ4n) is 1.89. The molecule has 0 heterocycles. The summed E-state index contributed by atoms with van der Waals surface area (Å²) in [6.07, 6.45) is 5.77. The molecule has 0 bridgehead atoms. The van der Waals surface area contributed by atoms with Gasteiger partial charge < -0.3 is 11.1 Å². The van der Waals surface area contributed by atoms with Gasteiger partial charge in [0.15, 0.2) is 0 Å². The summed E-state index contributed by atoms with van der Waals surface area (Å²) in [5, 5.41) is 3.09. The molecular weight excluding hydrogens is 200 g/mol. The number of nitrogens with one attached hydrogen (secondary N) is 1. The molecule has 1 amide bonds. The van der Waals surface area contributed by atoms with Gasteiger partial charge in [-0.3, -0.25) is 4.79 Å². The van der Waals surface area contributed by atoms with E-state index in [2.05, 4.69) is 19.2 Å². The fourth-order valence-corrected chi connectivity index (χ4v) is 1.89. The number of carbonyl (C=O) groups excluding carboxylic acids is 1. The molecule has 16 heavy (non-hydrogen) atoms. The second kappa shape index (κ2) is 6.24. The van der Waals surface area contributed by atoms with Crippen molar-refractivity contribution in [2.45, 2.75) is 65.0 Å². The van der Waals surface area contributed by atoms with Crippen molar-refractivity contribution in [1.82, 2.24) is 5.32 Å². The average Bonchev–Trinajstić information content (AvgIpc) is 3.09. The first-order valence-electron chi connectivity index (χ1n) is 6.64. The van der Waals surface area contributed by atoms with Crippen molar-refractivity contribution in [2.24, 2.45) is 17.6 Å². The molecule has 0 aromatic heterocycles. The Balaban J connectivity index is 2.34. The maximum atomic E-state index is 11.9. The molecule has 0 spiro atoms. The smallest absolute Gasteiger partial charge is 0.237 e. The Hall–Kier alpha value is -0.570. The Labute approximate surface area is 99.2 Å². The second-order valence-electron chi connectivity index (χ2n) is 5.20. The van der Waals surface area contributed by atoms with Crippen LogP contribution in [0.3, 0.4) is 0 Å². The maximum Gasteiger partial charge on any atom is 0.237 e. The lowest BCUT2D eigenvalue weighted by Crippen LogP contribution is -2.48. The standard InChI is InChI=1S/C13H26N2O/c1-4-9(3)12(14)13(16)15-11(5-2)8-10-6-7-10/h9-12H,4-8,14H2,1-3H3,(H,15,16)/t9?,11?,12-/m0/s1. The van der Waals surface area contributed by atoms with E-state index in [9.17, 15) is 4.79 Å². The lowest BCUT2D eigenvalue weighted by atomic mass is 9.98. The molecule has 1 aliphatic carbocycles. The molecule has 3 atom stereocenters. The lowest BCUT2D eigenvalue weighted by molar-refractivity contribution is -0.124. The molecule has 1 rings (SSSR count). The first-order valence-corrected chi connectivity index (χ1v) is 6.64. The molecule has 1 saturated carbocycles. The zero-order valence-corrected chi connectivity index (χ0v) is 10.8. The summed E-state index contributed by atoms with van der Waals surface area (Å²) in [4.78, 5) is 11.9. The van der Waals surface area contributed by atoms with Crippen LogP contribution in [0.2, 0.25) is 0 Å². The highest BCUT2D eigenvalue weighted by atomic mass is 16.2. The van der Waals surface area contributed by atoms with E-state index >= 15 is 0 Å². The van der Waals surface area contributed by atoms with Gasteiger partial charge in [-0.05, 0) is 24.7 Å². The normalized spacial score (nSPS) is 21.2. The van der Waals surface area contributed by atoms with E-state index in [-0.39, 0.29) is 17.9 Å². The van der Waals surface area contributed by atoms with E-state index in [0.717, 1.165) is 25.2 Å². The van der Waals surface area contributed by atoms with Gasteiger partial charge in [-0.15, -0.1) is 0 Å². The maximum absolute atomic E-state index is 11.9. The van der Waals surface area contributed by atoms with Crippen molar-refractivity contribution in [1.29, 1.82) is 0 Å². The zero-order chi connectivity index (χ0) is 12.1. The topological polar surface area (TPSA) is 55.1 Å². The van der Waals surface area contributed by atoms with Crippen LogP contribution in [-0.4, -0.2) is 18.0 Å². The van der Waals surface area contributed by atoms with Crippen molar-refractivity contribution in [3.8, 4) is 0 Å². The van der Waals surface area contributed by atoms with E-state index in [0.29, 0.717) is 6.04 Å². The molecule has 3 heteroatoms. The largest absolute Gasteiger partial charge is 0.352 e. The minimum atomic E-state index is -0.349. The third-order valence-electron chi connectivity index (χ3n) is 3.71. The van der Waals surface area contributed by atoms with Crippen LogP contribution in [-0.2, 0) is 4.79 Å². The third kappa shape index (κ3) is 4.12. The number of hydrogen-bond donors (Lipinski definition) is 2. The summed E-state index contributed by atoms with van der Waals surface area (Å²) in [5.41, 5.74) is 5.91. The van der Waals surface area contributed by atoms with Crippen molar-refractivity contribution >= 4 is 5.91 Å². The monoisotopic (exact) mass is 226 g/mol. The second-order valence-corrected chi connectivity index (χ2v) is 5.20. The van der Waals surface area contributed by atoms with Crippen LogP contribution in [0.5, 0.6) is 0 Å². The van der Waals surface area contributed by atoms with Crippen molar-refractivity contribution in [3.05, 3.63) is 0 Å². The first-order chi connectivity index (χ1) is 7.58. The Bertz CT molecular complexity index is 226. The van der Waals surface area contributed by atoms with Gasteiger partial charge in [0, 0.05) is 6.04 Å². The molecule has 0 aliphatic heterocycles. The van der Waals surface area contributed by atoms with Gasteiger partial charge >= 0.3 is 0 Å². The molecule has 2 unspecified atom stereocenters. The Morgan fingerprint density at radius 3 is 2.44 bits per heavy atom. The summed E-state index contributed by atoms with van der Waals surface area (Å²) in [6, 6.07) is -0.0200. The van der Waals surface area contributed by atoms with Crippen molar-refractivity contribution < 1.29 is 4.79 Å². The number of carbonyl (C=O) groups is 1. The zero-order valence-electron chi connectivity index (χ0n) is 10.8. The molecule has 1 fully saturated rings. The molecule has 0 aromatic rings. The highest BCUT2D eigenvalue weighted by molar-refractivity contribution is 5.82. The molecule has 3 N–H and O–H groups in total. The van der Waals surface area contributed by atoms with Gasteiger partial charge in [-0.2, -0.15) is 0 Å². The average molecular weight is 226 g/mol. The summed E-state index contributed by atoms with van der Waals surface area (Å²) in [6.45, 7) is 6.23. The summed E-state index contributed by atoms with van der Waals surface area (Å²) < 4.78 is 0. The van der Waals surface area contributed by atoms with E-state index in [1.807, 2.05) is 6.92 Å². The summed E-state index contributed by atoms with van der Waals surface area (Å²) in [7, 11) is 0. The van der Waals surface area contributed by atoms with Crippen LogP contribution in [0.1, 0.15) is 52.9 Å². The SMILES string of the molecule is CCC(CC1CC1)NC(=O)[C@@H](N)C(C)CC. The van der Waals surface area contributed by atoms with E-state index < -0.39 is 0 Å². The fraction of sp³-hybridized carbons (Fsp3) is 0.923. The predicted molar refractivity (Wildman–Crippen MR) is 67.0 cm³/mol. The van der Waals surface area contributed by atoms with Crippen molar-refractivity contribution in [3.63, 3.8) is 0 Å². The van der Waals surface area contributed by atoms with E-state index in [4.69, 9.17) is 5.73 Å². The lowest BCUT2D eigenvalue weighted by Gasteiger charge is -2.22. The minimum Gasteiger partial charge on any atom is -0.352 e. The van der Waals surface area contributed by atoms with Gasteiger partial charge in [0.2, 0.25) is 5.91 Å². The number of rotatable bonds is 7. The summed E-state index contributed by atoms with van der Waals surface area (Å²) >= 11 is 0. The molecule has 94 valence electrons. The molecule has 1 aliphatic rings. The Morgan fingerprint density at radius 2 is 2.00 bits per heavy atom. The Morgan fingerprint density at radius 1 is 1.38 bits per heavy atom. The highest BCUT2D eigenvalue weighted by Crippen LogP contribution is 2.34. The van der Waals surface area contributed by atoms with Crippen LogP contribution in [0.15, 0.2) is 0 Å². The number of nitrogens with two attached hydrogens (primary N) is 1. The van der Waals surface area contributed by atoms with Crippen LogP contribution < -0.4 is 11.1 Å². The van der Waals surface area contributed by atoms with Crippen LogP contribution in [0.25, 0.3) is 0 Å². The highest BCUT2D eigenvalue weighted by Gasteiger charge is 2.27. The Kier molecular flexibility index (Phi) is 5.26. The molecular formula is C13H26N2O. The van der Waals surface area contributed by atoms with Crippen LogP contribution >= 0.6 is 0 Å². The molecule has 0 radical (unpaired) electrons. The van der Waals surface area contributed by atoms with Gasteiger partial charge in [0.1, 0.15) is 0 Å². The molecule has 0 saturated heterocycles. The molecule has 3 nitrogen and oxygen atoms in total. The first kappa shape index (κ1) is 13.5. The number of amides is 1. The van der Waals surface area contributed by atoms with Gasteiger partial charge in [0.05, 0.1) is 6.04 Å². The third-order valence-corrected chi connectivity index (χ3v) is 3.71. The van der Waals surface area contributed by atoms with Gasteiger partial charge in [-0.1, -0.05) is 40.0 Å². The van der Waals surface area contributed by atoms with Crippen LogP contribution in [0, 0.1) is 11.8 Å². The molecule has 0 aromatic carbocycles. The quantitative estimate of drug-likeness (QED) is 0.698. The van der Waals surface area contributed by atoms with Gasteiger partial charge in [-0.25, -0.2) is 0 Å². The van der Waals surface area contributed by atoms with Crippen molar-refractivity contribution in [2.75, 3.05) is 0 Å². The number of hydrogen-bond acceptors (Lipinski definition) is 2. The van der Waals surface area contributed by atoms with E-state index in [1.165, 1.54) is 12.8 Å². The van der Waals surface area contributed by atoms with Crippen LogP contribution in [0.4, 0.5) is 0 Å².